The summed E-state index contributed by atoms with van der Waals surface area (Å²) < 4.78 is 6.60. The van der Waals surface area contributed by atoms with Crippen molar-refractivity contribution < 1.29 is 19.1 Å². The molecule has 2 aromatic rings. The van der Waals surface area contributed by atoms with Crippen LogP contribution in [0.25, 0.3) is 6.08 Å². The van der Waals surface area contributed by atoms with Crippen molar-refractivity contribution in [1.82, 2.24) is 25.9 Å². The zero-order valence-corrected chi connectivity index (χ0v) is 16.9. The van der Waals surface area contributed by atoms with E-state index in [1.807, 2.05) is 19.9 Å². The number of hydrazine groups is 1. The van der Waals surface area contributed by atoms with Crippen LogP contribution in [0.1, 0.15) is 23.9 Å². The van der Waals surface area contributed by atoms with Gasteiger partial charge in [0.15, 0.2) is 0 Å². The number of hydrogen-bond donors (Lipinski definition) is 3. The van der Waals surface area contributed by atoms with Gasteiger partial charge in [-0.25, -0.2) is 0 Å². The first-order valence-corrected chi connectivity index (χ1v) is 9.01. The van der Waals surface area contributed by atoms with Crippen LogP contribution in [0.4, 0.5) is 0 Å². The van der Waals surface area contributed by atoms with Gasteiger partial charge in [-0.2, -0.15) is 5.10 Å². The Morgan fingerprint density at radius 2 is 1.86 bits per heavy atom. The smallest absolute Gasteiger partial charge is 0.260 e. The number of rotatable bonds is 7. The Morgan fingerprint density at radius 3 is 2.45 bits per heavy atom. The number of aryl methyl sites for hydroxylation is 2. The standard InChI is InChI=1S/C20H25N5O4/c1-13-11-14(2)25(24-13)12-19(27)22-23-20(28)15(3)21-18(26)10-7-16-5-8-17(29-4)9-6-16/h5-11,15H,12H2,1-4H3,(H,21,26)(H,22,27)(H,23,28)/b10-7+. The van der Waals surface area contributed by atoms with E-state index in [4.69, 9.17) is 4.74 Å². The zero-order chi connectivity index (χ0) is 21.4. The Morgan fingerprint density at radius 1 is 1.17 bits per heavy atom. The summed E-state index contributed by atoms with van der Waals surface area (Å²) in [6, 6.07) is 8.18. The van der Waals surface area contributed by atoms with Gasteiger partial charge in [0.25, 0.3) is 11.8 Å². The third kappa shape index (κ3) is 6.80. The van der Waals surface area contributed by atoms with Crippen molar-refractivity contribution in [3.63, 3.8) is 0 Å². The Balaban J connectivity index is 1.77. The van der Waals surface area contributed by atoms with E-state index in [0.717, 1.165) is 22.7 Å². The molecule has 0 spiro atoms. The number of nitrogens with one attached hydrogen (secondary N) is 3. The Kier molecular flexibility index (Phi) is 7.53. The minimum atomic E-state index is -0.836. The van der Waals surface area contributed by atoms with Gasteiger partial charge in [-0.3, -0.25) is 29.9 Å². The van der Waals surface area contributed by atoms with Gasteiger partial charge in [0.1, 0.15) is 18.3 Å². The molecule has 0 aliphatic rings. The lowest BCUT2D eigenvalue weighted by molar-refractivity contribution is -0.131. The summed E-state index contributed by atoms with van der Waals surface area (Å²) in [6.45, 7) is 5.16. The van der Waals surface area contributed by atoms with Crippen molar-refractivity contribution in [1.29, 1.82) is 0 Å². The predicted molar refractivity (Wildman–Crippen MR) is 108 cm³/mol. The first-order chi connectivity index (χ1) is 13.8. The van der Waals surface area contributed by atoms with E-state index >= 15 is 0 Å². The van der Waals surface area contributed by atoms with Crippen LogP contribution in [0, 0.1) is 13.8 Å². The molecule has 1 aromatic carbocycles. The normalized spacial score (nSPS) is 11.7. The maximum Gasteiger partial charge on any atom is 0.260 e. The minimum Gasteiger partial charge on any atom is -0.497 e. The molecule has 0 saturated heterocycles. The van der Waals surface area contributed by atoms with Crippen LogP contribution in [-0.4, -0.2) is 40.7 Å². The van der Waals surface area contributed by atoms with E-state index in [1.54, 1.807) is 37.5 Å². The zero-order valence-electron chi connectivity index (χ0n) is 16.9. The third-order valence-electron chi connectivity index (χ3n) is 4.02. The molecule has 3 amide bonds. The lowest BCUT2D eigenvalue weighted by Gasteiger charge is -2.14. The molecule has 154 valence electrons. The van der Waals surface area contributed by atoms with Gasteiger partial charge in [-0.15, -0.1) is 0 Å². The molecule has 0 radical (unpaired) electrons. The second-order valence-corrected chi connectivity index (χ2v) is 6.46. The summed E-state index contributed by atoms with van der Waals surface area (Å²) in [5.41, 5.74) is 7.06. The van der Waals surface area contributed by atoms with Crippen molar-refractivity contribution in [3.8, 4) is 5.75 Å². The fourth-order valence-electron chi connectivity index (χ4n) is 2.46. The van der Waals surface area contributed by atoms with E-state index in [-0.39, 0.29) is 6.54 Å². The van der Waals surface area contributed by atoms with Crippen LogP contribution in [0.3, 0.4) is 0 Å². The molecule has 0 bridgehead atoms. The van der Waals surface area contributed by atoms with Gasteiger partial charge in [0.05, 0.1) is 12.8 Å². The van der Waals surface area contributed by atoms with Crippen molar-refractivity contribution in [2.75, 3.05) is 7.11 Å². The first-order valence-electron chi connectivity index (χ1n) is 9.01. The van der Waals surface area contributed by atoms with Crippen molar-refractivity contribution in [2.24, 2.45) is 0 Å². The molecule has 1 unspecified atom stereocenters. The molecule has 0 saturated carbocycles. The van der Waals surface area contributed by atoms with Gasteiger partial charge in [-0.05, 0) is 50.6 Å². The van der Waals surface area contributed by atoms with Crippen LogP contribution < -0.4 is 20.9 Å². The number of benzene rings is 1. The summed E-state index contributed by atoms with van der Waals surface area (Å²) in [7, 11) is 1.58. The number of carbonyl (C=O) groups excluding carboxylic acids is 3. The fraction of sp³-hybridized carbons (Fsp3) is 0.300. The first kappa shape index (κ1) is 21.7. The van der Waals surface area contributed by atoms with E-state index in [2.05, 4.69) is 21.3 Å². The third-order valence-corrected chi connectivity index (χ3v) is 4.02. The average Bonchev–Trinajstić information content (AvgIpc) is 3.01. The second-order valence-electron chi connectivity index (χ2n) is 6.46. The lowest BCUT2D eigenvalue weighted by atomic mass is 10.2. The highest BCUT2D eigenvalue weighted by Crippen LogP contribution is 2.12. The van der Waals surface area contributed by atoms with Gasteiger partial charge in [0, 0.05) is 11.8 Å². The lowest BCUT2D eigenvalue weighted by Crippen LogP contribution is -2.51. The van der Waals surface area contributed by atoms with E-state index in [0.29, 0.717) is 0 Å². The Bertz CT molecular complexity index is 902. The molecular formula is C20H25N5O4. The number of ether oxygens (including phenoxy) is 1. The molecular weight excluding hydrogens is 374 g/mol. The minimum absolute atomic E-state index is 0.0225. The van der Waals surface area contributed by atoms with E-state index < -0.39 is 23.8 Å². The average molecular weight is 399 g/mol. The molecule has 0 fully saturated rings. The predicted octanol–water partition coefficient (Wildman–Crippen LogP) is 0.874. The molecule has 1 aromatic heterocycles. The molecule has 0 aliphatic heterocycles. The largest absolute Gasteiger partial charge is 0.497 e. The second kappa shape index (κ2) is 10.1. The SMILES string of the molecule is COc1ccc(/C=C/C(=O)NC(C)C(=O)NNC(=O)Cn2nc(C)cc2C)cc1. The van der Waals surface area contributed by atoms with Crippen LogP contribution in [-0.2, 0) is 20.9 Å². The van der Waals surface area contributed by atoms with Gasteiger partial charge in [0.2, 0.25) is 5.91 Å². The van der Waals surface area contributed by atoms with E-state index in [1.165, 1.54) is 17.7 Å². The number of hydrogen-bond acceptors (Lipinski definition) is 5. The summed E-state index contributed by atoms with van der Waals surface area (Å²) in [5.74, 6) is -0.686. The highest BCUT2D eigenvalue weighted by molar-refractivity contribution is 5.95. The molecule has 1 atom stereocenters. The summed E-state index contributed by atoms with van der Waals surface area (Å²) in [5, 5.41) is 6.71. The fourth-order valence-corrected chi connectivity index (χ4v) is 2.46. The van der Waals surface area contributed by atoms with Gasteiger partial charge < -0.3 is 10.1 Å². The molecule has 29 heavy (non-hydrogen) atoms. The molecule has 1 heterocycles. The highest BCUT2D eigenvalue weighted by Gasteiger charge is 2.15. The molecule has 9 nitrogen and oxygen atoms in total. The van der Waals surface area contributed by atoms with Crippen LogP contribution in [0.5, 0.6) is 5.75 Å². The van der Waals surface area contributed by atoms with Gasteiger partial charge in [-0.1, -0.05) is 12.1 Å². The number of methoxy groups -OCH3 is 1. The highest BCUT2D eigenvalue weighted by atomic mass is 16.5. The van der Waals surface area contributed by atoms with Crippen LogP contribution >= 0.6 is 0 Å². The summed E-state index contributed by atoms with van der Waals surface area (Å²) in [4.78, 5) is 36.0. The van der Waals surface area contributed by atoms with Crippen molar-refractivity contribution in [3.05, 3.63) is 53.4 Å². The number of nitrogens with zero attached hydrogens (tertiary/aromatic N) is 2. The molecule has 9 heteroatoms. The van der Waals surface area contributed by atoms with Crippen molar-refractivity contribution >= 4 is 23.8 Å². The molecule has 0 aliphatic carbocycles. The number of amides is 3. The monoisotopic (exact) mass is 399 g/mol. The maximum atomic E-state index is 12.1. The van der Waals surface area contributed by atoms with Crippen molar-refractivity contribution in [2.45, 2.75) is 33.4 Å². The topological polar surface area (TPSA) is 114 Å². The van der Waals surface area contributed by atoms with Crippen LogP contribution in [0.2, 0.25) is 0 Å². The maximum absolute atomic E-state index is 12.1. The summed E-state index contributed by atoms with van der Waals surface area (Å²) >= 11 is 0. The van der Waals surface area contributed by atoms with Gasteiger partial charge >= 0.3 is 0 Å². The molecule has 2 rings (SSSR count). The quantitative estimate of drug-likeness (QED) is 0.472. The molecule has 3 N–H and O–H groups in total. The van der Waals surface area contributed by atoms with Crippen LogP contribution in [0.15, 0.2) is 36.4 Å². The summed E-state index contributed by atoms with van der Waals surface area (Å²) in [6.07, 6.45) is 2.95. The number of carbonyl (C=O) groups is 3. The number of aromatic nitrogens is 2. The Hall–Kier alpha value is -3.62. The Labute approximate surface area is 169 Å². The van der Waals surface area contributed by atoms with E-state index in [9.17, 15) is 14.4 Å².